The zero-order chi connectivity index (χ0) is 68.6. The number of para-hydroxylation sites is 2. The number of nitrogens with one attached hydrogen (secondary N) is 1. The first-order chi connectivity index (χ1) is 45.3. The largest absolute Gasteiger partial charge is 4.00 e. The van der Waals surface area contributed by atoms with Crippen molar-refractivity contribution < 1.29 is 61.9 Å². The number of nitrogens with zero attached hydrogens (tertiary/aromatic N) is 1. The fourth-order valence-corrected chi connectivity index (χ4v) is 9.33. The zero-order valence-corrected chi connectivity index (χ0v) is 64.3. The number of aryl methyl sites for hydroxylation is 1. The van der Waals surface area contributed by atoms with Gasteiger partial charge in [0.1, 0.15) is 0 Å². The first-order valence-electron chi connectivity index (χ1n) is 33.3. The third kappa shape index (κ3) is 40.9. The van der Waals surface area contributed by atoms with Crippen molar-refractivity contribution in [2.24, 2.45) is 0 Å². The molecule has 6 heteroatoms. The second-order valence-corrected chi connectivity index (χ2v) is 24.3. The van der Waals surface area contributed by atoms with E-state index in [1.54, 1.807) is 0 Å². The summed E-state index contributed by atoms with van der Waals surface area (Å²) >= 11 is 0. The molecule has 10 aromatic carbocycles. The molecule has 2 heterocycles. The molecule has 96 heavy (non-hydrogen) atoms. The maximum atomic E-state index is 5.71. The molecule has 2 unspecified atom stereocenters. The summed E-state index contributed by atoms with van der Waals surface area (Å²) in [6.07, 6.45) is 5.46. The third-order valence-electron chi connectivity index (χ3n) is 14.6. The fraction of sp³-hybridized carbons (Fsp3) is 0.256. The number of rotatable bonds is 10. The Kier molecular flexibility index (Phi) is 48.4. The molecule has 1 N–H and O–H groups in total. The van der Waals surface area contributed by atoms with E-state index >= 15 is 0 Å². The average Bonchev–Trinajstić information content (AvgIpc) is 0.954. The van der Waals surface area contributed by atoms with Crippen LogP contribution in [-0.4, -0.2) is 38.5 Å². The minimum atomic E-state index is 0. The summed E-state index contributed by atoms with van der Waals surface area (Å²) in [6, 6.07) is 92.6. The number of anilines is 1. The molecular formula is C90H110N2O2Zr2. The summed E-state index contributed by atoms with van der Waals surface area (Å²) < 4.78 is 11.4. The van der Waals surface area contributed by atoms with Crippen molar-refractivity contribution in [2.45, 2.75) is 124 Å². The first kappa shape index (κ1) is 86.6. The van der Waals surface area contributed by atoms with Gasteiger partial charge < -0.3 is 20.1 Å². The second kappa shape index (κ2) is 53.7. The van der Waals surface area contributed by atoms with Crippen molar-refractivity contribution in [1.82, 2.24) is 0 Å². The summed E-state index contributed by atoms with van der Waals surface area (Å²) in [7, 11) is 0. The molecular weight excluding hydrogens is 1320 g/mol. The van der Waals surface area contributed by atoms with Crippen molar-refractivity contribution in [1.29, 1.82) is 0 Å². The van der Waals surface area contributed by atoms with Crippen LogP contribution in [0.4, 0.5) is 11.4 Å². The number of hydrogen-bond donors (Lipinski definition) is 1. The van der Waals surface area contributed by atoms with Crippen molar-refractivity contribution in [3.05, 3.63) is 400 Å². The normalized spacial score (nSPS) is 12.7. The third-order valence-corrected chi connectivity index (χ3v) is 14.6. The van der Waals surface area contributed by atoms with Gasteiger partial charge in [0.05, 0.1) is 6.10 Å². The van der Waals surface area contributed by atoms with Crippen LogP contribution in [0.2, 0.25) is 0 Å². The van der Waals surface area contributed by atoms with Gasteiger partial charge in [0, 0.05) is 31.5 Å². The monoisotopic (exact) mass is 1430 g/mol. The van der Waals surface area contributed by atoms with Crippen LogP contribution in [0, 0.1) is 55.4 Å². The number of ether oxygens (including phenoxy) is 2. The molecule has 2 atom stereocenters. The molecule has 0 radical (unpaired) electrons. The molecule has 12 rings (SSSR count). The van der Waals surface area contributed by atoms with Gasteiger partial charge in [-0.05, 0) is 67.4 Å². The van der Waals surface area contributed by atoms with Gasteiger partial charge in [0.15, 0.2) is 0 Å². The van der Waals surface area contributed by atoms with Gasteiger partial charge in [-0.15, -0.1) is 97.2 Å². The van der Waals surface area contributed by atoms with Crippen molar-refractivity contribution in [2.75, 3.05) is 31.6 Å². The molecule has 0 aromatic heterocycles. The molecule has 500 valence electrons. The Morgan fingerprint density at radius 3 is 0.771 bits per heavy atom. The SMILES string of the molecule is CC(C)c1cccc(C(C)C)c1NCC1CCCO1.CC(C)c1cccc(C(C)C)c1[N-]CC1CCCO1.Cc1ccccc1.[CH2-]c1ccccc1.[CH2-]c1ccccc1.[CH2-]c1ccccc1.[CH2-]c1ccccc1.[CH2-]c1ccccc1.[CH2-]c1ccccc1.[CH2-]c1ccccc1.[Zr+4].[Zr+4]. The molecule has 0 bridgehead atoms. The Labute approximate surface area is 623 Å². The predicted molar refractivity (Wildman–Crippen MR) is 411 cm³/mol. The van der Waals surface area contributed by atoms with E-state index in [0.29, 0.717) is 35.9 Å². The number of hydrogen-bond acceptors (Lipinski definition) is 3. The predicted octanol–water partition coefficient (Wildman–Crippen LogP) is 24.7. The van der Waals surface area contributed by atoms with Crippen LogP contribution in [0.1, 0.15) is 172 Å². The van der Waals surface area contributed by atoms with Crippen molar-refractivity contribution >= 4 is 11.4 Å². The smallest absolute Gasteiger partial charge is 0.682 e. The Hall–Kier alpha value is -7.42. The Morgan fingerprint density at radius 2 is 0.573 bits per heavy atom. The van der Waals surface area contributed by atoms with E-state index in [4.69, 9.17) is 14.8 Å². The van der Waals surface area contributed by atoms with Gasteiger partial charge in [0.25, 0.3) is 0 Å². The standard InChI is InChI=1S/C17H27NO.C17H26NO.C7H8.7C7H7.2Zr/c2*1-12(2)15-8-5-9-16(13(3)4)17(15)18-11-14-7-6-10-19-14;8*1-7-5-3-2-4-6-7;;/h5,8-9,12-14,18H,6-7,10-11H2,1-4H3;5,8-9,12-14H,6-7,10-11H2,1-4H3;2-6H,1H3;7*2-6H,1H2;;/q;-1;;7*-1;2*+4. The molecule has 2 saturated heterocycles. The van der Waals surface area contributed by atoms with E-state index in [9.17, 15) is 0 Å². The molecule has 2 aliphatic heterocycles. The van der Waals surface area contributed by atoms with Crippen molar-refractivity contribution in [3.8, 4) is 0 Å². The van der Waals surface area contributed by atoms with E-state index in [2.05, 4.69) is 165 Å². The summed E-state index contributed by atoms with van der Waals surface area (Å²) in [5.41, 5.74) is 16.9. The van der Waals surface area contributed by atoms with Gasteiger partial charge in [-0.1, -0.05) is 181 Å². The second-order valence-electron chi connectivity index (χ2n) is 24.3. The maximum Gasteiger partial charge on any atom is 4.00 e. The quantitative estimate of drug-likeness (QED) is 0.139. The topological polar surface area (TPSA) is 44.6 Å². The Morgan fingerprint density at radius 1 is 0.333 bits per heavy atom. The van der Waals surface area contributed by atoms with E-state index in [0.717, 1.165) is 71.7 Å². The first-order valence-corrected chi connectivity index (χ1v) is 33.3. The van der Waals surface area contributed by atoms with Crippen LogP contribution in [0.3, 0.4) is 0 Å². The molecule has 0 saturated carbocycles. The molecule has 2 fully saturated rings. The van der Waals surface area contributed by atoms with Gasteiger partial charge in [0.2, 0.25) is 0 Å². The summed E-state index contributed by atoms with van der Waals surface area (Å²) in [6.45, 7) is 49.7. The Balaban J connectivity index is 0.000000551. The van der Waals surface area contributed by atoms with Crippen LogP contribution in [-0.2, 0) is 61.9 Å². The van der Waals surface area contributed by atoms with E-state index in [-0.39, 0.29) is 52.4 Å². The van der Waals surface area contributed by atoms with E-state index in [1.807, 2.05) is 231 Å². The molecule has 0 amide bonds. The van der Waals surface area contributed by atoms with Gasteiger partial charge in [-0.2, -0.15) is 172 Å². The summed E-state index contributed by atoms with van der Waals surface area (Å²) in [4.78, 5) is 0. The van der Waals surface area contributed by atoms with Crippen molar-refractivity contribution in [3.63, 3.8) is 0 Å². The fourth-order valence-electron chi connectivity index (χ4n) is 9.33. The van der Waals surface area contributed by atoms with Crippen LogP contribution < -0.4 is 5.32 Å². The molecule has 0 spiro atoms. The summed E-state index contributed by atoms with van der Waals surface area (Å²) in [5.74, 6) is 2.13. The van der Waals surface area contributed by atoms with Crippen LogP contribution in [0.25, 0.3) is 5.32 Å². The van der Waals surface area contributed by atoms with Crippen LogP contribution >= 0.6 is 0 Å². The molecule has 2 aliphatic rings. The molecule has 4 nitrogen and oxygen atoms in total. The average molecular weight is 1430 g/mol. The number of benzene rings is 10. The van der Waals surface area contributed by atoms with Gasteiger partial charge in [-0.3, -0.25) is 0 Å². The van der Waals surface area contributed by atoms with Gasteiger partial charge in [-0.25, -0.2) is 0 Å². The Bertz CT molecular complexity index is 2770. The van der Waals surface area contributed by atoms with E-state index < -0.39 is 0 Å². The van der Waals surface area contributed by atoms with Crippen LogP contribution in [0.5, 0.6) is 0 Å². The van der Waals surface area contributed by atoms with E-state index in [1.165, 1.54) is 58.5 Å². The maximum absolute atomic E-state index is 5.71. The minimum Gasteiger partial charge on any atom is -0.682 e. The van der Waals surface area contributed by atoms with Crippen LogP contribution in [0.15, 0.2) is 279 Å². The van der Waals surface area contributed by atoms with Gasteiger partial charge >= 0.3 is 52.4 Å². The zero-order valence-electron chi connectivity index (χ0n) is 59.4. The molecule has 10 aromatic rings. The summed E-state index contributed by atoms with van der Waals surface area (Å²) in [5, 5.41) is 8.57. The minimum absolute atomic E-state index is 0. The molecule has 0 aliphatic carbocycles.